The van der Waals surface area contributed by atoms with Gasteiger partial charge in [0.15, 0.2) is 0 Å². The molecule has 0 atom stereocenters. The van der Waals surface area contributed by atoms with Gasteiger partial charge >= 0.3 is 0 Å². The quantitative estimate of drug-likeness (QED) is 0.802. The Labute approximate surface area is 109 Å². The molecule has 2 rings (SSSR count). The van der Waals surface area contributed by atoms with Crippen LogP contribution in [-0.4, -0.2) is 15.0 Å². The number of hydrogen-bond donors (Lipinski definition) is 0. The van der Waals surface area contributed by atoms with Gasteiger partial charge in [-0.05, 0) is 31.6 Å². The molecule has 0 radical (unpaired) electrons. The highest BCUT2D eigenvalue weighted by molar-refractivity contribution is 5.15. The van der Waals surface area contributed by atoms with Gasteiger partial charge in [0.25, 0.3) is 0 Å². The highest BCUT2D eigenvalue weighted by Gasteiger charge is 2.23. The van der Waals surface area contributed by atoms with Crippen LogP contribution in [0.4, 0.5) is 0 Å². The van der Waals surface area contributed by atoms with Gasteiger partial charge in [-0.2, -0.15) is 5.26 Å². The molecule has 1 heterocycles. The lowest BCUT2D eigenvalue weighted by Gasteiger charge is -2.14. The van der Waals surface area contributed by atoms with E-state index in [4.69, 9.17) is 5.26 Å². The second-order valence-corrected chi connectivity index (χ2v) is 5.63. The van der Waals surface area contributed by atoms with E-state index >= 15 is 0 Å². The van der Waals surface area contributed by atoms with E-state index in [0.29, 0.717) is 18.4 Å². The SMILES string of the molecule is CC(C)CCc1c(CC#N)nnn1C1CCCC1. The van der Waals surface area contributed by atoms with Gasteiger partial charge in [-0.15, -0.1) is 5.10 Å². The number of rotatable bonds is 5. The summed E-state index contributed by atoms with van der Waals surface area (Å²) in [6, 6.07) is 2.72. The molecule has 18 heavy (non-hydrogen) atoms. The lowest BCUT2D eigenvalue weighted by Crippen LogP contribution is -2.12. The highest BCUT2D eigenvalue weighted by Crippen LogP contribution is 2.30. The fourth-order valence-electron chi connectivity index (χ4n) is 2.68. The normalized spacial score (nSPS) is 16.3. The van der Waals surface area contributed by atoms with Crippen molar-refractivity contribution in [3.05, 3.63) is 11.4 Å². The molecule has 1 aromatic heterocycles. The van der Waals surface area contributed by atoms with Crippen LogP contribution < -0.4 is 0 Å². The molecular weight excluding hydrogens is 224 g/mol. The Morgan fingerprint density at radius 3 is 2.72 bits per heavy atom. The van der Waals surface area contributed by atoms with Crippen LogP contribution in [-0.2, 0) is 12.8 Å². The van der Waals surface area contributed by atoms with Crippen LogP contribution in [0.1, 0.15) is 63.4 Å². The first-order valence-corrected chi connectivity index (χ1v) is 7.02. The minimum Gasteiger partial charge on any atom is -0.246 e. The van der Waals surface area contributed by atoms with Gasteiger partial charge in [0.2, 0.25) is 0 Å². The monoisotopic (exact) mass is 246 g/mol. The second kappa shape index (κ2) is 5.99. The zero-order valence-corrected chi connectivity index (χ0v) is 11.4. The maximum absolute atomic E-state index is 8.87. The lowest BCUT2D eigenvalue weighted by molar-refractivity contribution is 0.430. The van der Waals surface area contributed by atoms with Crippen LogP contribution in [0.2, 0.25) is 0 Å². The van der Waals surface area contributed by atoms with Crippen molar-refractivity contribution in [1.82, 2.24) is 15.0 Å². The molecule has 1 aliphatic carbocycles. The number of hydrogen-bond acceptors (Lipinski definition) is 3. The minimum absolute atomic E-state index is 0.389. The summed E-state index contributed by atoms with van der Waals surface area (Å²) in [5, 5.41) is 17.4. The van der Waals surface area contributed by atoms with Crippen molar-refractivity contribution in [3.63, 3.8) is 0 Å². The van der Waals surface area contributed by atoms with Crippen LogP contribution >= 0.6 is 0 Å². The maximum atomic E-state index is 8.87. The third-order valence-corrected chi connectivity index (χ3v) is 3.75. The van der Waals surface area contributed by atoms with Crippen molar-refractivity contribution in [1.29, 1.82) is 5.26 Å². The van der Waals surface area contributed by atoms with Gasteiger partial charge in [-0.25, -0.2) is 4.68 Å². The van der Waals surface area contributed by atoms with E-state index in [9.17, 15) is 0 Å². The van der Waals surface area contributed by atoms with Gasteiger partial charge in [0.1, 0.15) is 0 Å². The molecule has 0 N–H and O–H groups in total. The van der Waals surface area contributed by atoms with Crippen molar-refractivity contribution in [3.8, 4) is 6.07 Å². The van der Waals surface area contributed by atoms with E-state index in [0.717, 1.165) is 18.5 Å². The van der Waals surface area contributed by atoms with Crippen LogP contribution in [0.15, 0.2) is 0 Å². The summed E-state index contributed by atoms with van der Waals surface area (Å²) in [5.41, 5.74) is 2.10. The van der Waals surface area contributed by atoms with Crippen LogP contribution in [0.5, 0.6) is 0 Å². The number of aromatic nitrogens is 3. The van der Waals surface area contributed by atoms with Crippen molar-refractivity contribution in [2.45, 2.75) is 64.8 Å². The molecule has 4 nitrogen and oxygen atoms in total. The zero-order chi connectivity index (χ0) is 13.0. The van der Waals surface area contributed by atoms with Gasteiger partial charge < -0.3 is 0 Å². The third kappa shape index (κ3) is 2.90. The minimum atomic E-state index is 0.389. The zero-order valence-electron chi connectivity index (χ0n) is 11.4. The Kier molecular flexibility index (Phi) is 4.35. The summed E-state index contributed by atoms with van der Waals surface area (Å²) in [7, 11) is 0. The molecule has 1 aromatic rings. The average Bonchev–Trinajstić information content (AvgIpc) is 2.95. The topological polar surface area (TPSA) is 54.5 Å². The predicted octanol–water partition coefficient (Wildman–Crippen LogP) is 3.05. The Hall–Kier alpha value is -1.37. The molecular formula is C14H22N4. The highest BCUT2D eigenvalue weighted by atomic mass is 15.4. The van der Waals surface area contributed by atoms with Crippen LogP contribution in [0, 0.1) is 17.2 Å². The fourth-order valence-corrected chi connectivity index (χ4v) is 2.68. The Morgan fingerprint density at radius 1 is 1.39 bits per heavy atom. The van der Waals surface area contributed by atoms with Gasteiger partial charge in [0, 0.05) is 0 Å². The van der Waals surface area contributed by atoms with Crippen molar-refractivity contribution < 1.29 is 0 Å². The average molecular weight is 246 g/mol. The van der Waals surface area contributed by atoms with Crippen molar-refractivity contribution in [2.24, 2.45) is 5.92 Å². The Morgan fingerprint density at radius 2 is 2.11 bits per heavy atom. The largest absolute Gasteiger partial charge is 0.246 e. The van der Waals surface area contributed by atoms with E-state index in [-0.39, 0.29) is 0 Å². The Bertz CT molecular complexity index is 421. The summed E-state index contributed by atoms with van der Waals surface area (Å²) in [6.45, 7) is 4.46. The molecule has 0 unspecified atom stereocenters. The summed E-state index contributed by atoms with van der Waals surface area (Å²) in [4.78, 5) is 0. The van der Waals surface area contributed by atoms with Crippen LogP contribution in [0.25, 0.3) is 0 Å². The summed E-state index contributed by atoms with van der Waals surface area (Å²) >= 11 is 0. The van der Waals surface area contributed by atoms with Gasteiger partial charge in [0.05, 0.1) is 29.9 Å². The van der Waals surface area contributed by atoms with Crippen LogP contribution in [0.3, 0.4) is 0 Å². The Balaban J connectivity index is 2.19. The molecule has 0 saturated heterocycles. The van der Waals surface area contributed by atoms with Crippen molar-refractivity contribution >= 4 is 0 Å². The molecule has 0 amide bonds. The van der Waals surface area contributed by atoms with Gasteiger partial charge in [-0.1, -0.05) is 31.9 Å². The molecule has 0 aliphatic heterocycles. The lowest BCUT2D eigenvalue weighted by atomic mass is 10.0. The standard InChI is InChI=1S/C14H22N4/c1-11(2)7-8-14-13(9-10-15)16-17-18(14)12-5-3-4-6-12/h11-12H,3-9H2,1-2H3. The fraction of sp³-hybridized carbons (Fsp3) is 0.786. The predicted molar refractivity (Wildman–Crippen MR) is 70.0 cm³/mol. The maximum Gasteiger partial charge on any atom is 0.0999 e. The van der Waals surface area contributed by atoms with E-state index in [1.54, 1.807) is 0 Å². The number of nitriles is 1. The molecule has 1 saturated carbocycles. The van der Waals surface area contributed by atoms with E-state index in [1.165, 1.54) is 31.4 Å². The van der Waals surface area contributed by atoms with Gasteiger partial charge in [-0.3, -0.25) is 0 Å². The van der Waals surface area contributed by atoms with Crippen molar-refractivity contribution in [2.75, 3.05) is 0 Å². The molecule has 98 valence electrons. The summed E-state index contributed by atoms with van der Waals surface area (Å²) in [5.74, 6) is 0.673. The molecule has 0 spiro atoms. The first-order chi connectivity index (χ1) is 8.72. The smallest absolute Gasteiger partial charge is 0.0999 e. The van der Waals surface area contributed by atoms with E-state index in [2.05, 4.69) is 34.9 Å². The molecule has 4 heteroatoms. The second-order valence-electron chi connectivity index (χ2n) is 5.63. The molecule has 1 fully saturated rings. The summed E-state index contributed by atoms with van der Waals surface area (Å²) < 4.78 is 2.11. The first-order valence-electron chi connectivity index (χ1n) is 7.02. The number of nitrogens with zero attached hydrogens (tertiary/aromatic N) is 4. The molecule has 0 aromatic carbocycles. The summed E-state index contributed by atoms with van der Waals surface area (Å²) in [6.07, 6.45) is 7.54. The molecule has 1 aliphatic rings. The first kappa shape index (κ1) is 13.1. The molecule has 0 bridgehead atoms. The van der Waals surface area contributed by atoms with E-state index < -0.39 is 0 Å². The van der Waals surface area contributed by atoms with E-state index in [1.807, 2.05) is 0 Å². The third-order valence-electron chi connectivity index (χ3n) is 3.75.